The van der Waals surface area contributed by atoms with E-state index < -0.39 is 16.1 Å². The molecule has 2 aliphatic heterocycles. The lowest BCUT2D eigenvalue weighted by Gasteiger charge is -2.26. The number of carbonyl (C=O) groups excluding carboxylic acids is 2. The minimum atomic E-state index is -4.02. The number of hydrogen-bond acceptors (Lipinski definition) is 5. The SMILES string of the molecule is O=C(NN1CCCCC1)NS(=O)(=O)c1ccc(CCN2C(=O)c3ccccc3C2c2ccc(Cl)cc2)cc1. The fourth-order valence-electron chi connectivity index (χ4n) is 5.04. The summed E-state index contributed by atoms with van der Waals surface area (Å²) in [6.07, 6.45) is 3.56. The second-order valence-electron chi connectivity index (χ2n) is 9.53. The largest absolute Gasteiger partial charge is 0.343 e. The highest BCUT2D eigenvalue weighted by atomic mass is 35.5. The molecule has 38 heavy (non-hydrogen) atoms. The van der Waals surface area contributed by atoms with E-state index in [1.54, 1.807) is 17.1 Å². The first-order valence-corrected chi connectivity index (χ1v) is 14.5. The molecule has 3 amide bonds. The van der Waals surface area contributed by atoms with Crippen molar-refractivity contribution in [3.05, 3.63) is 100 Å². The van der Waals surface area contributed by atoms with Gasteiger partial charge in [0.1, 0.15) is 0 Å². The van der Waals surface area contributed by atoms with E-state index in [0.717, 1.165) is 36.0 Å². The third-order valence-corrected chi connectivity index (χ3v) is 8.56. The number of sulfonamides is 1. The Hall–Kier alpha value is -3.40. The van der Waals surface area contributed by atoms with E-state index in [4.69, 9.17) is 11.6 Å². The van der Waals surface area contributed by atoms with Gasteiger partial charge in [-0.1, -0.05) is 60.5 Å². The first kappa shape index (κ1) is 26.2. The maximum atomic E-state index is 13.3. The minimum Gasteiger partial charge on any atom is -0.327 e. The van der Waals surface area contributed by atoms with Crippen molar-refractivity contribution < 1.29 is 18.0 Å². The fourth-order valence-corrected chi connectivity index (χ4v) is 6.07. The number of nitrogens with one attached hydrogen (secondary N) is 2. The van der Waals surface area contributed by atoms with Crippen LogP contribution in [-0.4, -0.2) is 49.9 Å². The molecule has 0 bridgehead atoms. The van der Waals surface area contributed by atoms with Gasteiger partial charge in [0.15, 0.2) is 0 Å². The number of nitrogens with zero attached hydrogens (tertiary/aromatic N) is 2. The molecule has 2 N–H and O–H groups in total. The van der Waals surface area contributed by atoms with Crippen molar-refractivity contribution in [2.45, 2.75) is 36.6 Å². The average Bonchev–Trinajstić information content (AvgIpc) is 3.20. The Morgan fingerprint density at radius 1 is 0.921 bits per heavy atom. The van der Waals surface area contributed by atoms with Crippen LogP contribution in [0.3, 0.4) is 0 Å². The van der Waals surface area contributed by atoms with Crippen LogP contribution in [-0.2, 0) is 16.4 Å². The van der Waals surface area contributed by atoms with Crippen LogP contribution in [0.2, 0.25) is 5.02 Å². The lowest BCUT2D eigenvalue weighted by atomic mass is 9.98. The van der Waals surface area contributed by atoms with Gasteiger partial charge in [-0.25, -0.2) is 22.9 Å². The maximum absolute atomic E-state index is 13.3. The molecule has 2 aliphatic rings. The first-order chi connectivity index (χ1) is 18.3. The number of hydrogen-bond donors (Lipinski definition) is 2. The van der Waals surface area contributed by atoms with Crippen LogP contribution >= 0.6 is 11.6 Å². The van der Waals surface area contributed by atoms with Gasteiger partial charge >= 0.3 is 6.03 Å². The standard InChI is InChI=1S/C28H29ClN4O4S/c29-22-12-10-21(11-13-22)26-24-6-2-3-7-25(24)27(34)33(26)19-16-20-8-14-23(15-9-20)38(36,37)31-28(35)30-32-17-4-1-5-18-32/h2-3,6-15,26H,1,4-5,16-19H2,(H2,30,31,35). The molecule has 0 aliphatic carbocycles. The number of fused-ring (bicyclic) bond motifs is 1. The van der Waals surface area contributed by atoms with Crippen molar-refractivity contribution in [3.63, 3.8) is 0 Å². The number of halogens is 1. The van der Waals surface area contributed by atoms with Crippen LogP contribution in [0.15, 0.2) is 77.7 Å². The van der Waals surface area contributed by atoms with Gasteiger partial charge in [0.25, 0.3) is 15.9 Å². The van der Waals surface area contributed by atoms with E-state index in [0.29, 0.717) is 36.6 Å². The first-order valence-electron chi connectivity index (χ1n) is 12.6. The summed E-state index contributed by atoms with van der Waals surface area (Å²) >= 11 is 6.09. The van der Waals surface area contributed by atoms with Gasteiger partial charge in [-0.3, -0.25) is 10.2 Å². The predicted octanol–water partition coefficient (Wildman–Crippen LogP) is 4.52. The summed E-state index contributed by atoms with van der Waals surface area (Å²) in [4.78, 5) is 27.3. The number of hydrazine groups is 1. The summed E-state index contributed by atoms with van der Waals surface area (Å²) < 4.78 is 27.5. The van der Waals surface area contributed by atoms with Gasteiger partial charge in [-0.05, 0) is 66.3 Å². The summed E-state index contributed by atoms with van der Waals surface area (Å²) in [5.41, 5.74) is 6.09. The van der Waals surface area contributed by atoms with Crippen molar-refractivity contribution in [1.82, 2.24) is 20.1 Å². The molecular formula is C28H29ClN4O4S. The summed E-state index contributed by atoms with van der Waals surface area (Å²) in [5, 5.41) is 2.36. The van der Waals surface area contributed by atoms with Gasteiger partial charge < -0.3 is 4.90 Å². The van der Waals surface area contributed by atoms with Gasteiger partial charge in [-0.15, -0.1) is 0 Å². The number of rotatable bonds is 7. The van der Waals surface area contributed by atoms with Crippen LogP contribution in [0.1, 0.15) is 52.4 Å². The quantitative estimate of drug-likeness (QED) is 0.449. The molecule has 0 saturated carbocycles. The van der Waals surface area contributed by atoms with Crippen molar-refractivity contribution in [2.75, 3.05) is 19.6 Å². The van der Waals surface area contributed by atoms with E-state index in [2.05, 4.69) is 10.1 Å². The van der Waals surface area contributed by atoms with Gasteiger partial charge in [0.05, 0.1) is 10.9 Å². The highest BCUT2D eigenvalue weighted by molar-refractivity contribution is 7.90. The molecule has 198 valence electrons. The molecule has 1 saturated heterocycles. The Kier molecular flexibility index (Phi) is 7.69. The lowest BCUT2D eigenvalue weighted by Crippen LogP contribution is -2.50. The maximum Gasteiger partial charge on any atom is 0.343 e. The average molecular weight is 553 g/mol. The molecule has 10 heteroatoms. The molecule has 1 atom stereocenters. The van der Waals surface area contributed by atoms with Crippen molar-refractivity contribution in [1.29, 1.82) is 0 Å². The Balaban J connectivity index is 1.25. The van der Waals surface area contributed by atoms with E-state index >= 15 is 0 Å². The summed E-state index contributed by atoms with van der Waals surface area (Å²) in [6.45, 7) is 1.85. The molecule has 1 fully saturated rings. The number of benzene rings is 3. The minimum absolute atomic E-state index is 0.00117. The number of amides is 3. The fraction of sp³-hybridized carbons (Fsp3) is 0.286. The molecular weight excluding hydrogens is 524 g/mol. The van der Waals surface area contributed by atoms with Crippen molar-refractivity contribution in [2.24, 2.45) is 0 Å². The van der Waals surface area contributed by atoms with Gasteiger partial charge in [-0.2, -0.15) is 0 Å². The molecule has 5 rings (SSSR count). The zero-order chi connectivity index (χ0) is 26.7. The second kappa shape index (κ2) is 11.1. The zero-order valence-electron chi connectivity index (χ0n) is 20.8. The van der Waals surface area contributed by atoms with E-state index in [9.17, 15) is 18.0 Å². The van der Waals surface area contributed by atoms with E-state index in [-0.39, 0.29) is 16.8 Å². The van der Waals surface area contributed by atoms with Crippen molar-refractivity contribution >= 4 is 33.6 Å². The molecule has 0 radical (unpaired) electrons. The van der Waals surface area contributed by atoms with Crippen LogP contribution in [0.25, 0.3) is 0 Å². The highest BCUT2D eigenvalue weighted by Gasteiger charge is 2.37. The summed E-state index contributed by atoms with van der Waals surface area (Å²) in [5.74, 6) is -0.0383. The molecule has 0 spiro atoms. The molecule has 3 aromatic carbocycles. The molecule has 0 aromatic heterocycles. The Morgan fingerprint density at radius 3 is 2.32 bits per heavy atom. The number of urea groups is 1. The highest BCUT2D eigenvalue weighted by Crippen LogP contribution is 2.38. The Labute approximate surface area is 227 Å². The summed E-state index contributed by atoms with van der Waals surface area (Å²) in [7, 11) is -4.02. The van der Waals surface area contributed by atoms with E-state index in [1.165, 1.54) is 12.1 Å². The smallest absolute Gasteiger partial charge is 0.327 e. The zero-order valence-corrected chi connectivity index (χ0v) is 22.3. The third-order valence-electron chi connectivity index (χ3n) is 6.96. The topological polar surface area (TPSA) is 98.8 Å². The monoisotopic (exact) mass is 552 g/mol. The van der Waals surface area contributed by atoms with Crippen LogP contribution in [0.5, 0.6) is 0 Å². The van der Waals surface area contributed by atoms with Crippen LogP contribution in [0.4, 0.5) is 4.79 Å². The number of carbonyl (C=O) groups is 2. The van der Waals surface area contributed by atoms with E-state index in [1.807, 2.05) is 53.4 Å². The second-order valence-corrected chi connectivity index (χ2v) is 11.6. The molecule has 1 unspecified atom stereocenters. The Bertz CT molecular complexity index is 1420. The van der Waals surface area contributed by atoms with Gasteiger partial charge in [0.2, 0.25) is 0 Å². The van der Waals surface area contributed by atoms with Crippen LogP contribution in [0, 0.1) is 0 Å². The molecule has 3 aromatic rings. The van der Waals surface area contributed by atoms with Crippen molar-refractivity contribution in [3.8, 4) is 0 Å². The van der Waals surface area contributed by atoms with Gasteiger partial charge in [0, 0.05) is 30.2 Å². The summed E-state index contributed by atoms with van der Waals surface area (Å²) in [6, 6.07) is 20.5. The Morgan fingerprint density at radius 2 is 1.61 bits per heavy atom. The molecule has 2 heterocycles. The third kappa shape index (κ3) is 5.70. The number of piperidine rings is 1. The normalized spacial score (nSPS) is 17.8. The lowest BCUT2D eigenvalue weighted by molar-refractivity contribution is 0.0751. The van der Waals surface area contributed by atoms with Crippen LogP contribution < -0.4 is 10.1 Å². The molecule has 8 nitrogen and oxygen atoms in total. The predicted molar refractivity (Wildman–Crippen MR) is 145 cm³/mol.